The minimum absolute atomic E-state index is 0.00570. The molecule has 2 aromatic carbocycles. The molecule has 0 fully saturated rings. The summed E-state index contributed by atoms with van der Waals surface area (Å²) in [5.74, 6) is -0.114. The van der Waals surface area contributed by atoms with E-state index in [1.54, 1.807) is 24.3 Å². The van der Waals surface area contributed by atoms with E-state index in [2.05, 4.69) is 5.32 Å². The molecule has 0 atom stereocenters. The van der Waals surface area contributed by atoms with E-state index in [1.165, 1.54) is 6.92 Å². The average Bonchev–Trinajstić information content (AvgIpc) is 2.63. The van der Waals surface area contributed by atoms with E-state index in [4.69, 9.17) is 0 Å². The molecule has 0 bridgehead atoms. The number of benzene rings is 2. The number of carbonyl (C=O) groups excluding carboxylic acids is 2. The molecule has 0 saturated heterocycles. The molecule has 1 amide bonds. The van der Waals surface area contributed by atoms with Crippen LogP contribution in [-0.2, 0) is 11.3 Å². The number of aromatic nitrogens is 1. The van der Waals surface area contributed by atoms with Crippen molar-refractivity contribution in [3.63, 3.8) is 0 Å². The van der Waals surface area contributed by atoms with Crippen molar-refractivity contribution in [3.8, 4) is 11.1 Å². The zero-order valence-electron chi connectivity index (χ0n) is 14.0. The quantitative estimate of drug-likeness (QED) is 0.575. The highest BCUT2D eigenvalue weighted by molar-refractivity contribution is 5.95. The first kappa shape index (κ1) is 16.6. The maximum atomic E-state index is 12.2. The van der Waals surface area contributed by atoms with Crippen LogP contribution in [0.2, 0.25) is 0 Å². The Morgan fingerprint density at radius 3 is 2.24 bits per heavy atom. The molecular formula is C21H19N2O2+. The zero-order valence-corrected chi connectivity index (χ0v) is 14.0. The van der Waals surface area contributed by atoms with Crippen LogP contribution in [0, 0.1) is 0 Å². The molecule has 124 valence electrons. The third kappa shape index (κ3) is 4.38. The highest BCUT2D eigenvalue weighted by atomic mass is 16.2. The summed E-state index contributed by atoms with van der Waals surface area (Å²) in [4.78, 5) is 23.5. The fraction of sp³-hybridized carbons (Fsp3) is 0.0952. The summed E-state index contributed by atoms with van der Waals surface area (Å²) in [5.41, 5.74) is 3.47. The average molecular weight is 331 g/mol. The number of carbonyl (C=O) groups is 2. The van der Waals surface area contributed by atoms with Crippen molar-refractivity contribution < 1.29 is 14.2 Å². The molecule has 0 saturated carbocycles. The van der Waals surface area contributed by atoms with Gasteiger partial charge in [0.25, 0.3) is 5.91 Å². The van der Waals surface area contributed by atoms with Crippen LogP contribution in [0.5, 0.6) is 0 Å². The maximum Gasteiger partial charge on any atom is 0.290 e. The number of hydrogen-bond donors (Lipinski definition) is 1. The SMILES string of the molecule is CC(=O)c1ccc(NC(=O)C[n+]2cccc(-c3ccccc3)c2)cc1. The van der Waals surface area contributed by atoms with Crippen molar-refractivity contribution in [2.24, 2.45) is 0 Å². The van der Waals surface area contributed by atoms with Crippen LogP contribution in [0.25, 0.3) is 11.1 Å². The topological polar surface area (TPSA) is 50.1 Å². The summed E-state index contributed by atoms with van der Waals surface area (Å²) in [6.07, 6.45) is 3.82. The predicted octanol–water partition coefficient (Wildman–Crippen LogP) is 3.48. The van der Waals surface area contributed by atoms with Gasteiger partial charge in [-0.05, 0) is 42.8 Å². The first-order valence-electron chi connectivity index (χ1n) is 8.07. The monoisotopic (exact) mass is 331 g/mol. The second-order valence-electron chi connectivity index (χ2n) is 5.81. The summed E-state index contributed by atoms with van der Waals surface area (Å²) in [7, 11) is 0. The van der Waals surface area contributed by atoms with Crippen LogP contribution in [-0.4, -0.2) is 11.7 Å². The number of nitrogens with one attached hydrogen (secondary N) is 1. The standard InChI is InChI=1S/C21H18N2O2/c1-16(24)17-9-11-20(12-10-17)22-21(25)15-23-13-5-8-19(14-23)18-6-3-2-4-7-18/h2-14H,15H2,1H3/p+1. The molecule has 4 heteroatoms. The van der Waals surface area contributed by atoms with Gasteiger partial charge in [-0.2, -0.15) is 4.57 Å². The molecule has 25 heavy (non-hydrogen) atoms. The Labute approximate surface area is 146 Å². The summed E-state index contributed by atoms with van der Waals surface area (Å²) in [5, 5.41) is 2.84. The summed E-state index contributed by atoms with van der Waals surface area (Å²) in [6.45, 7) is 1.74. The lowest BCUT2D eigenvalue weighted by atomic mass is 10.1. The van der Waals surface area contributed by atoms with Gasteiger partial charge in [-0.15, -0.1) is 0 Å². The van der Waals surface area contributed by atoms with Crippen LogP contribution in [0.4, 0.5) is 5.69 Å². The molecule has 0 spiro atoms. The Bertz CT molecular complexity index is 887. The number of rotatable bonds is 5. The van der Waals surface area contributed by atoms with Crippen LogP contribution in [0.3, 0.4) is 0 Å². The zero-order chi connectivity index (χ0) is 17.6. The molecule has 0 unspecified atom stereocenters. The molecular weight excluding hydrogens is 312 g/mol. The van der Waals surface area contributed by atoms with Crippen molar-refractivity contribution in [1.82, 2.24) is 0 Å². The molecule has 3 aromatic rings. The molecule has 3 rings (SSSR count). The minimum atomic E-state index is -0.120. The van der Waals surface area contributed by atoms with Crippen molar-refractivity contribution >= 4 is 17.4 Å². The number of Topliss-reactive ketones (excluding diaryl/α,β-unsaturated/α-hetero) is 1. The Kier molecular flexibility index (Phi) is 5.00. The maximum absolute atomic E-state index is 12.2. The lowest BCUT2D eigenvalue weighted by Crippen LogP contribution is -2.39. The van der Waals surface area contributed by atoms with Gasteiger partial charge in [0.1, 0.15) is 0 Å². The predicted molar refractivity (Wildman–Crippen MR) is 97.1 cm³/mol. The van der Waals surface area contributed by atoms with E-state index in [1.807, 2.05) is 59.4 Å². The number of ketones is 1. The van der Waals surface area contributed by atoms with Crippen molar-refractivity contribution in [1.29, 1.82) is 0 Å². The third-order valence-electron chi connectivity index (χ3n) is 3.87. The number of amides is 1. The van der Waals surface area contributed by atoms with E-state index in [9.17, 15) is 9.59 Å². The minimum Gasteiger partial charge on any atom is -0.321 e. The molecule has 1 N–H and O–H groups in total. The molecule has 1 aromatic heterocycles. The molecule has 0 aliphatic carbocycles. The summed E-state index contributed by atoms with van der Waals surface area (Å²) >= 11 is 0. The van der Waals surface area contributed by atoms with Gasteiger partial charge in [-0.3, -0.25) is 9.59 Å². The Hall–Kier alpha value is -3.27. The summed E-state index contributed by atoms with van der Waals surface area (Å²) < 4.78 is 1.85. The Morgan fingerprint density at radius 2 is 1.56 bits per heavy atom. The number of hydrogen-bond acceptors (Lipinski definition) is 2. The van der Waals surface area contributed by atoms with Crippen LogP contribution in [0.15, 0.2) is 79.1 Å². The van der Waals surface area contributed by atoms with Crippen molar-refractivity contribution in [2.75, 3.05) is 5.32 Å². The summed E-state index contributed by atoms with van der Waals surface area (Å²) in [6, 6.07) is 20.9. The third-order valence-corrected chi connectivity index (χ3v) is 3.87. The van der Waals surface area contributed by atoms with E-state index < -0.39 is 0 Å². The van der Waals surface area contributed by atoms with Crippen LogP contribution >= 0.6 is 0 Å². The molecule has 4 nitrogen and oxygen atoms in total. The van der Waals surface area contributed by atoms with Crippen LogP contribution < -0.4 is 9.88 Å². The smallest absolute Gasteiger partial charge is 0.290 e. The lowest BCUT2D eigenvalue weighted by Gasteiger charge is -2.05. The Morgan fingerprint density at radius 1 is 0.880 bits per heavy atom. The van der Waals surface area contributed by atoms with Crippen LogP contribution in [0.1, 0.15) is 17.3 Å². The largest absolute Gasteiger partial charge is 0.321 e. The van der Waals surface area contributed by atoms with Gasteiger partial charge >= 0.3 is 0 Å². The molecule has 0 aliphatic heterocycles. The molecule has 1 heterocycles. The van der Waals surface area contributed by atoms with E-state index >= 15 is 0 Å². The van der Waals surface area contributed by atoms with E-state index in [0.29, 0.717) is 11.3 Å². The van der Waals surface area contributed by atoms with E-state index in [-0.39, 0.29) is 18.2 Å². The lowest BCUT2D eigenvalue weighted by molar-refractivity contribution is -0.683. The first-order chi connectivity index (χ1) is 12.1. The number of pyridine rings is 1. The van der Waals surface area contributed by atoms with Gasteiger partial charge in [0.05, 0.1) is 0 Å². The van der Waals surface area contributed by atoms with Gasteiger partial charge in [0, 0.05) is 22.9 Å². The Balaban J connectivity index is 1.68. The normalized spacial score (nSPS) is 10.3. The highest BCUT2D eigenvalue weighted by Gasteiger charge is 2.11. The van der Waals surface area contributed by atoms with Gasteiger partial charge in [-0.25, -0.2) is 0 Å². The van der Waals surface area contributed by atoms with Crippen molar-refractivity contribution in [2.45, 2.75) is 13.5 Å². The van der Waals surface area contributed by atoms with Gasteiger partial charge in [0.15, 0.2) is 18.2 Å². The molecule has 0 radical (unpaired) electrons. The molecule has 0 aliphatic rings. The van der Waals surface area contributed by atoms with Crippen molar-refractivity contribution in [3.05, 3.63) is 84.7 Å². The van der Waals surface area contributed by atoms with E-state index in [0.717, 1.165) is 11.1 Å². The number of anilines is 1. The van der Waals surface area contributed by atoms with Gasteiger partial charge in [0.2, 0.25) is 6.54 Å². The number of nitrogens with zero attached hydrogens (tertiary/aromatic N) is 1. The fourth-order valence-corrected chi connectivity index (χ4v) is 2.58. The highest BCUT2D eigenvalue weighted by Crippen LogP contribution is 2.16. The second-order valence-corrected chi connectivity index (χ2v) is 5.81. The fourth-order valence-electron chi connectivity index (χ4n) is 2.58. The van der Waals surface area contributed by atoms with Gasteiger partial charge < -0.3 is 5.32 Å². The van der Waals surface area contributed by atoms with Gasteiger partial charge in [-0.1, -0.05) is 30.3 Å². The second kappa shape index (κ2) is 7.53. The first-order valence-corrected chi connectivity index (χ1v) is 8.07.